The molecule has 0 atom stereocenters. The van der Waals surface area contributed by atoms with Crippen molar-refractivity contribution >= 4 is 28.6 Å². The average molecular weight is 273 g/mol. The van der Waals surface area contributed by atoms with Gasteiger partial charge in [-0.3, -0.25) is 0 Å². The number of benzene rings is 1. The van der Waals surface area contributed by atoms with E-state index in [9.17, 15) is 4.79 Å². The summed E-state index contributed by atoms with van der Waals surface area (Å²) in [5.41, 5.74) is 18.4. The number of nitrogens with zero attached hydrogens (tertiary/aromatic N) is 2. The molecule has 0 aliphatic heterocycles. The van der Waals surface area contributed by atoms with Crippen LogP contribution < -0.4 is 22.8 Å². The summed E-state index contributed by atoms with van der Waals surface area (Å²) in [6.45, 7) is 3.64. The van der Waals surface area contributed by atoms with Crippen LogP contribution in [0.1, 0.15) is 11.1 Å². The largest absolute Gasteiger partial charge is 0.423 e. The van der Waals surface area contributed by atoms with Crippen molar-refractivity contribution < 1.29 is 4.42 Å². The Hall–Kier alpha value is -2.83. The summed E-state index contributed by atoms with van der Waals surface area (Å²) in [4.78, 5) is 19.1. The zero-order chi connectivity index (χ0) is 14.9. The van der Waals surface area contributed by atoms with Gasteiger partial charge in [0.05, 0.1) is 5.69 Å². The Kier molecular flexibility index (Phi) is 3.43. The lowest BCUT2D eigenvalue weighted by Gasteiger charge is -2.05. The molecule has 1 heterocycles. The fourth-order valence-electron chi connectivity index (χ4n) is 1.86. The molecular weight excluding hydrogens is 258 g/mol. The third kappa shape index (κ3) is 2.77. The molecule has 0 saturated heterocycles. The smallest absolute Gasteiger partial charge is 0.336 e. The summed E-state index contributed by atoms with van der Waals surface area (Å²) >= 11 is 0. The van der Waals surface area contributed by atoms with Crippen LogP contribution in [0.2, 0.25) is 0 Å². The second-order valence-electron chi connectivity index (χ2n) is 4.39. The molecule has 20 heavy (non-hydrogen) atoms. The Morgan fingerprint density at radius 1 is 1.10 bits per heavy atom. The highest BCUT2D eigenvalue weighted by atomic mass is 16.4. The third-order valence-electron chi connectivity index (χ3n) is 2.75. The van der Waals surface area contributed by atoms with Crippen LogP contribution in [0.3, 0.4) is 0 Å². The molecule has 104 valence electrons. The average Bonchev–Trinajstić information content (AvgIpc) is 2.29. The topological polar surface area (TPSA) is 133 Å². The summed E-state index contributed by atoms with van der Waals surface area (Å²) < 4.78 is 5.15. The molecular formula is C13H15N5O2. The summed E-state index contributed by atoms with van der Waals surface area (Å²) in [6.07, 6.45) is 0. The number of hydrogen-bond donors (Lipinski definition) is 3. The van der Waals surface area contributed by atoms with Gasteiger partial charge >= 0.3 is 5.63 Å². The molecule has 7 heteroatoms. The minimum Gasteiger partial charge on any atom is -0.423 e. The summed E-state index contributed by atoms with van der Waals surface area (Å²) in [7, 11) is 0. The van der Waals surface area contributed by atoms with Gasteiger partial charge in [0.25, 0.3) is 0 Å². The Bertz CT molecular complexity index is 785. The van der Waals surface area contributed by atoms with E-state index in [1.165, 1.54) is 6.07 Å². The van der Waals surface area contributed by atoms with E-state index in [0.29, 0.717) is 11.3 Å². The van der Waals surface area contributed by atoms with Crippen molar-refractivity contribution in [2.45, 2.75) is 13.8 Å². The van der Waals surface area contributed by atoms with Crippen molar-refractivity contribution in [1.82, 2.24) is 0 Å². The van der Waals surface area contributed by atoms with Crippen molar-refractivity contribution in [3.8, 4) is 0 Å². The lowest BCUT2D eigenvalue weighted by molar-refractivity contribution is 0.559. The van der Waals surface area contributed by atoms with Gasteiger partial charge in [0.1, 0.15) is 5.58 Å². The van der Waals surface area contributed by atoms with Crippen LogP contribution in [-0.2, 0) is 0 Å². The van der Waals surface area contributed by atoms with Gasteiger partial charge in [-0.15, -0.1) is 0 Å². The normalized spacial score (nSPS) is 11.6. The van der Waals surface area contributed by atoms with Gasteiger partial charge in [-0.05, 0) is 37.1 Å². The highest BCUT2D eigenvalue weighted by Gasteiger charge is 2.07. The van der Waals surface area contributed by atoms with Gasteiger partial charge in [0, 0.05) is 11.5 Å². The molecule has 0 radical (unpaired) electrons. The predicted octanol–water partition coefficient (Wildman–Crippen LogP) is 0.629. The molecule has 0 saturated carbocycles. The number of nitrogens with two attached hydrogens (primary N) is 3. The predicted molar refractivity (Wildman–Crippen MR) is 79.1 cm³/mol. The second kappa shape index (κ2) is 5.04. The summed E-state index contributed by atoms with van der Waals surface area (Å²) in [5, 5.41) is 0.784. The van der Waals surface area contributed by atoms with Crippen molar-refractivity contribution in [2.75, 3.05) is 0 Å². The monoisotopic (exact) mass is 273 g/mol. The number of rotatable bonds is 1. The van der Waals surface area contributed by atoms with Gasteiger partial charge in [-0.25, -0.2) is 9.79 Å². The van der Waals surface area contributed by atoms with Crippen LogP contribution >= 0.6 is 0 Å². The van der Waals surface area contributed by atoms with Crippen LogP contribution in [0.5, 0.6) is 0 Å². The standard InChI is InChI=1S/C13H15N5O2/c1-6-4-11(19)20-10-3-7(2)9(5-8(6)10)17-13(16)18-12(14)15/h3-5H,1-2H3,(H6,14,15,16,17,18). The maximum absolute atomic E-state index is 11.3. The third-order valence-corrected chi connectivity index (χ3v) is 2.75. The lowest BCUT2D eigenvalue weighted by Crippen LogP contribution is -2.26. The number of guanidine groups is 2. The first-order valence-electron chi connectivity index (χ1n) is 5.85. The first-order valence-corrected chi connectivity index (χ1v) is 5.85. The van der Waals surface area contributed by atoms with Crippen LogP contribution in [0.4, 0.5) is 5.69 Å². The van der Waals surface area contributed by atoms with Crippen LogP contribution in [-0.4, -0.2) is 11.9 Å². The Morgan fingerprint density at radius 3 is 2.45 bits per heavy atom. The van der Waals surface area contributed by atoms with E-state index in [1.54, 1.807) is 12.1 Å². The molecule has 7 nitrogen and oxygen atoms in total. The molecule has 0 fully saturated rings. The van der Waals surface area contributed by atoms with Gasteiger partial charge in [-0.1, -0.05) is 0 Å². The number of aliphatic imine (C=N–C) groups is 2. The zero-order valence-electron chi connectivity index (χ0n) is 11.2. The molecule has 0 spiro atoms. The summed E-state index contributed by atoms with van der Waals surface area (Å²) in [5.74, 6) is -0.200. The van der Waals surface area contributed by atoms with Crippen LogP contribution in [0, 0.1) is 13.8 Å². The molecule has 1 aromatic heterocycles. The van der Waals surface area contributed by atoms with Crippen molar-refractivity contribution in [3.63, 3.8) is 0 Å². The highest BCUT2D eigenvalue weighted by molar-refractivity contribution is 5.94. The van der Waals surface area contributed by atoms with Gasteiger partial charge in [0.15, 0.2) is 5.96 Å². The summed E-state index contributed by atoms with van der Waals surface area (Å²) in [6, 6.07) is 4.92. The molecule has 2 aromatic rings. The van der Waals surface area contributed by atoms with E-state index >= 15 is 0 Å². The SMILES string of the molecule is Cc1cc2oc(=O)cc(C)c2cc1N=C(N)N=C(N)N. The van der Waals surface area contributed by atoms with E-state index in [0.717, 1.165) is 16.5 Å². The van der Waals surface area contributed by atoms with Crippen molar-refractivity contribution in [3.05, 3.63) is 39.7 Å². The zero-order valence-corrected chi connectivity index (χ0v) is 11.2. The van der Waals surface area contributed by atoms with Crippen molar-refractivity contribution in [1.29, 1.82) is 0 Å². The fourth-order valence-corrected chi connectivity index (χ4v) is 1.86. The first kappa shape index (κ1) is 13.6. The highest BCUT2D eigenvalue weighted by Crippen LogP contribution is 2.27. The van der Waals surface area contributed by atoms with E-state index in [4.69, 9.17) is 21.6 Å². The van der Waals surface area contributed by atoms with E-state index < -0.39 is 0 Å². The van der Waals surface area contributed by atoms with Crippen molar-refractivity contribution in [2.24, 2.45) is 27.2 Å². The number of aryl methyl sites for hydroxylation is 2. The van der Waals surface area contributed by atoms with E-state index in [-0.39, 0.29) is 17.5 Å². The molecule has 0 bridgehead atoms. The maximum atomic E-state index is 11.3. The van der Waals surface area contributed by atoms with Gasteiger partial charge in [0.2, 0.25) is 5.96 Å². The molecule has 0 aliphatic carbocycles. The van der Waals surface area contributed by atoms with E-state index in [1.807, 2.05) is 13.8 Å². The second-order valence-corrected chi connectivity index (χ2v) is 4.39. The minimum atomic E-state index is -0.384. The Morgan fingerprint density at radius 2 is 1.80 bits per heavy atom. The maximum Gasteiger partial charge on any atom is 0.336 e. The van der Waals surface area contributed by atoms with E-state index in [2.05, 4.69) is 9.98 Å². The lowest BCUT2D eigenvalue weighted by atomic mass is 10.1. The van der Waals surface area contributed by atoms with Crippen LogP contribution in [0.15, 0.2) is 37.4 Å². The molecule has 0 unspecified atom stereocenters. The van der Waals surface area contributed by atoms with Gasteiger partial charge < -0.3 is 21.6 Å². The first-order chi connectivity index (χ1) is 9.36. The molecule has 6 N–H and O–H groups in total. The molecule has 0 aliphatic rings. The van der Waals surface area contributed by atoms with Gasteiger partial charge in [-0.2, -0.15) is 4.99 Å². The minimum absolute atomic E-state index is 0.0394. The molecule has 1 aromatic carbocycles. The molecule has 0 amide bonds. The quantitative estimate of drug-likeness (QED) is 0.398. The Balaban J connectivity index is 2.64. The van der Waals surface area contributed by atoms with Crippen LogP contribution in [0.25, 0.3) is 11.0 Å². The number of hydrogen-bond acceptors (Lipinski definition) is 3. The number of fused-ring (bicyclic) bond motifs is 1. The molecule has 2 rings (SSSR count). The Labute approximate surface area is 114 Å². The fraction of sp³-hybridized carbons (Fsp3) is 0.154.